The lowest BCUT2D eigenvalue weighted by molar-refractivity contribution is 1.24. The van der Waals surface area contributed by atoms with E-state index in [9.17, 15) is 9.59 Å². The number of nitrogens with one attached hydrogen (secondary N) is 1. The highest BCUT2D eigenvalue weighted by Gasteiger charge is 1.84. The minimum atomic E-state index is -0.544. The van der Waals surface area contributed by atoms with E-state index in [0.717, 1.165) is 11.3 Å². The van der Waals surface area contributed by atoms with Crippen molar-refractivity contribution in [3.63, 3.8) is 0 Å². The quantitative estimate of drug-likeness (QED) is 0.493. The van der Waals surface area contributed by atoms with Crippen LogP contribution in [-0.2, 0) is 0 Å². The number of aromatic nitrogens is 1. The Morgan fingerprint density at radius 3 is 2.62 bits per heavy atom. The Labute approximate surface area is 48.6 Å². The highest BCUT2D eigenvalue weighted by molar-refractivity contribution is 7.07. The van der Waals surface area contributed by atoms with E-state index in [1.807, 2.05) is 0 Å². The fraction of sp³-hybridized carbons (Fsp3) is 0. The second kappa shape index (κ2) is 1.92. The summed E-state index contributed by atoms with van der Waals surface area (Å²) < 4.78 is -0.451. The summed E-state index contributed by atoms with van der Waals surface area (Å²) in [6.07, 6.45) is 1.44. The van der Waals surface area contributed by atoms with Crippen molar-refractivity contribution in [1.82, 2.24) is 4.98 Å². The molecule has 0 saturated carbocycles. The lowest BCUT2D eigenvalue weighted by Gasteiger charge is -1.72. The maximum atomic E-state index is 10.3. The van der Waals surface area contributed by atoms with Crippen LogP contribution >= 0.6 is 11.3 Å². The van der Waals surface area contributed by atoms with Gasteiger partial charge in [-0.1, -0.05) is 11.3 Å². The molecule has 0 amide bonds. The molecule has 0 aliphatic rings. The maximum absolute atomic E-state index is 10.3. The van der Waals surface area contributed by atoms with Crippen LogP contribution in [0.4, 0.5) is 0 Å². The van der Waals surface area contributed by atoms with Crippen molar-refractivity contribution in [2.75, 3.05) is 0 Å². The summed E-state index contributed by atoms with van der Waals surface area (Å²) in [6.45, 7) is 0. The molecular formula is C4H3NO2S. The van der Waals surface area contributed by atoms with Crippen LogP contribution < -0.4 is 10.3 Å². The van der Waals surface area contributed by atoms with Crippen molar-refractivity contribution in [3.8, 4) is 0 Å². The molecule has 0 unspecified atom stereocenters. The van der Waals surface area contributed by atoms with Gasteiger partial charge in [-0.15, -0.1) is 0 Å². The van der Waals surface area contributed by atoms with Crippen LogP contribution in [0.1, 0.15) is 0 Å². The van der Waals surface area contributed by atoms with Gasteiger partial charge < -0.3 is 4.98 Å². The highest BCUT2D eigenvalue weighted by atomic mass is 32.1. The summed E-state index contributed by atoms with van der Waals surface area (Å²) in [6, 6.07) is 0. The zero-order chi connectivity index (χ0) is 5.98. The number of H-pyrrole nitrogens is 1. The standard InChI is InChI=1S/C4H3NO2S/c6-3-4(7)8-2-1-5-3/h1-2H,(H,5,6). The van der Waals surface area contributed by atoms with Gasteiger partial charge in [-0.25, -0.2) is 0 Å². The van der Waals surface area contributed by atoms with E-state index in [4.69, 9.17) is 0 Å². The molecule has 8 heavy (non-hydrogen) atoms. The molecule has 0 saturated heterocycles. The molecule has 1 N–H and O–H groups in total. The Morgan fingerprint density at radius 2 is 2.25 bits per heavy atom. The smallest absolute Gasteiger partial charge is 0.306 e. The first kappa shape index (κ1) is 5.24. The second-order valence-electron chi connectivity index (χ2n) is 1.18. The lowest BCUT2D eigenvalue weighted by atomic mass is 10.9. The van der Waals surface area contributed by atoms with Crippen LogP contribution in [-0.4, -0.2) is 4.98 Å². The van der Waals surface area contributed by atoms with Crippen molar-refractivity contribution in [3.05, 3.63) is 31.5 Å². The van der Waals surface area contributed by atoms with E-state index in [1.165, 1.54) is 11.6 Å². The Morgan fingerprint density at radius 1 is 1.50 bits per heavy atom. The summed E-state index contributed by atoms with van der Waals surface area (Å²) >= 11 is 0.895. The largest absolute Gasteiger partial charge is 0.324 e. The molecule has 0 bridgehead atoms. The van der Waals surface area contributed by atoms with E-state index in [1.54, 1.807) is 0 Å². The van der Waals surface area contributed by atoms with Crippen LogP contribution in [0, 0.1) is 0 Å². The second-order valence-corrected chi connectivity index (χ2v) is 2.06. The Hall–Kier alpha value is -0.900. The minimum absolute atomic E-state index is 0.451. The fourth-order valence-electron chi connectivity index (χ4n) is 0.318. The van der Waals surface area contributed by atoms with Gasteiger partial charge in [0.25, 0.3) is 4.74 Å². The third-order valence-electron chi connectivity index (χ3n) is 0.643. The van der Waals surface area contributed by atoms with Gasteiger partial charge >= 0.3 is 5.56 Å². The summed E-state index contributed by atoms with van der Waals surface area (Å²) in [7, 11) is 0. The van der Waals surface area contributed by atoms with E-state index in [-0.39, 0.29) is 0 Å². The molecule has 0 aliphatic heterocycles. The van der Waals surface area contributed by atoms with Gasteiger partial charge in [0.1, 0.15) is 0 Å². The van der Waals surface area contributed by atoms with Crippen LogP contribution in [0.5, 0.6) is 0 Å². The molecule has 0 fully saturated rings. The Bertz CT molecular complexity index is 245. The van der Waals surface area contributed by atoms with Gasteiger partial charge in [0.2, 0.25) is 0 Å². The summed E-state index contributed by atoms with van der Waals surface area (Å²) in [5, 5.41) is 1.53. The summed E-state index contributed by atoms with van der Waals surface area (Å²) in [4.78, 5) is 22.8. The van der Waals surface area contributed by atoms with Gasteiger partial charge in [0, 0.05) is 11.6 Å². The molecule has 1 aromatic heterocycles. The zero-order valence-corrected chi connectivity index (χ0v) is 4.70. The summed E-state index contributed by atoms with van der Waals surface area (Å²) in [5.74, 6) is 0. The lowest BCUT2D eigenvalue weighted by Crippen LogP contribution is -2.21. The molecule has 0 atom stereocenters. The number of hydrogen-bond donors (Lipinski definition) is 1. The zero-order valence-electron chi connectivity index (χ0n) is 3.88. The molecule has 0 radical (unpaired) electrons. The van der Waals surface area contributed by atoms with E-state index >= 15 is 0 Å². The topological polar surface area (TPSA) is 49.9 Å². The average Bonchev–Trinajstić information content (AvgIpc) is 1.77. The van der Waals surface area contributed by atoms with Gasteiger partial charge in [0.05, 0.1) is 0 Å². The van der Waals surface area contributed by atoms with Crippen molar-refractivity contribution in [2.24, 2.45) is 0 Å². The predicted octanol–water partition coefficient (Wildman–Crippen LogP) is -0.203. The van der Waals surface area contributed by atoms with Crippen molar-refractivity contribution < 1.29 is 0 Å². The van der Waals surface area contributed by atoms with Gasteiger partial charge in [-0.05, 0) is 0 Å². The first-order chi connectivity index (χ1) is 3.80. The van der Waals surface area contributed by atoms with Crippen molar-refractivity contribution in [2.45, 2.75) is 0 Å². The number of aromatic amines is 1. The van der Waals surface area contributed by atoms with E-state index in [2.05, 4.69) is 4.98 Å². The van der Waals surface area contributed by atoms with Crippen LogP contribution in [0.15, 0.2) is 21.2 Å². The first-order valence-electron chi connectivity index (χ1n) is 1.97. The van der Waals surface area contributed by atoms with Gasteiger partial charge in [-0.3, -0.25) is 9.59 Å². The SMILES string of the molecule is O=c1[nH]ccsc1=O. The van der Waals surface area contributed by atoms with Crippen LogP contribution in [0.2, 0.25) is 0 Å². The third-order valence-corrected chi connectivity index (χ3v) is 1.31. The van der Waals surface area contributed by atoms with Crippen LogP contribution in [0.3, 0.4) is 0 Å². The van der Waals surface area contributed by atoms with Gasteiger partial charge in [-0.2, -0.15) is 0 Å². The molecule has 1 aromatic rings. The van der Waals surface area contributed by atoms with E-state index < -0.39 is 10.3 Å². The average molecular weight is 129 g/mol. The minimum Gasteiger partial charge on any atom is -0.324 e. The predicted molar refractivity (Wildman–Crippen MR) is 31.2 cm³/mol. The molecule has 1 rings (SSSR count). The van der Waals surface area contributed by atoms with E-state index in [0.29, 0.717) is 0 Å². The molecule has 1 heterocycles. The molecule has 3 nitrogen and oxygen atoms in total. The Kier molecular flexibility index (Phi) is 1.26. The maximum Gasteiger partial charge on any atom is 0.306 e. The normalized spacial score (nSPS) is 9.00. The van der Waals surface area contributed by atoms with Gasteiger partial charge in [0.15, 0.2) is 0 Å². The molecule has 0 aliphatic carbocycles. The summed E-state index contributed by atoms with van der Waals surface area (Å²) in [5.41, 5.74) is -0.544. The molecule has 0 spiro atoms. The first-order valence-corrected chi connectivity index (χ1v) is 2.85. The van der Waals surface area contributed by atoms with Crippen molar-refractivity contribution in [1.29, 1.82) is 0 Å². The number of rotatable bonds is 0. The highest BCUT2D eigenvalue weighted by Crippen LogP contribution is 1.73. The molecular weight excluding hydrogens is 126 g/mol. The molecule has 4 heteroatoms. The third kappa shape index (κ3) is 0.840. The Balaban J connectivity index is 3.59. The van der Waals surface area contributed by atoms with Crippen LogP contribution in [0.25, 0.3) is 0 Å². The molecule has 42 valence electrons. The number of hydrogen-bond acceptors (Lipinski definition) is 3. The fourth-order valence-corrected chi connectivity index (χ4v) is 0.744. The monoisotopic (exact) mass is 129 g/mol. The van der Waals surface area contributed by atoms with Crippen molar-refractivity contribution >= 4 is 11.3 Å². The molecule has 0 aromatic carbocycles.